The summed E-state index contributed by atoms with van der Waals surface area (Å²) in [5.74, 6) is -1.13. The fourth-order valence-corrected chi connectivity index (χ4v) is 4.53. The molecule has 8 nitrogen and oxygen atoms in total. The number of amides is 1. The Kier molecular flexibility index (Phi) is 7.22. The van der Waals surface area contributed by atoms with Gasteiger partial charge in [-0.15, -0.1) is 0 Å². The van der Waals surface area contributed by atoms with Crippen molar-refractivity contribution in [1.82, 2.24) is 4.98 Å². The molecule has 0 unspecified atom stereocenters. The molecule has 2 N–H and O–H groups in total. The minimum atomic E-state index is -4.20. The van der Waals surface area contributed by atoms with Crippen molar-refractivity contribution < 1.29 is 22.7 Å². The molecule has 2 aromatic carbocycles. The summed E-state index contributed by atoms with van der Waals surface area (Å²) in [6.45, 7) is 2.80. The molecular formula is C22H22ClN3O5S. The van der Waals surface area contributed by atoms with Crippen molar-refractivity contribution in [3.63, 3.8) is 0 Å². The predicted molar refractivity (Wildman–Crippen MR) is 122 cm³/mol. The van der Waals surface area contributed by atoms with Gasteiger partial charge in [-0.05, 0) is 62.4 Å². The molecule has 0 spiro atoms. The number of halogens is 1. The minimum Gasteiger partial charge on any atom is -0.462 e. The zero-order valence-electron chi connectivity index (χ0n) is 17.4. The van der Waals surface area contributed by atoms with Crippen LogP contribution in [0, 0.1) is 0 Å². The first-order chi connectivity index (χ1) is 15.2. The lowest BCUT2D eigenvalue weighted by Crippen LogP contribution is -2.37. The minimum absolute atomic E-state index is 0.112. The summed E-state index contributed by atoms with van der Waals surface area (Å²) < 4.78 is 33.0. The van der Waals surface area contributed by atoms with Gasteiger partial charge in [-0.3, -0.25) is 13.9 Å². The Morgan fingerprint density at radius 2 is 1.84 bits per heavy atom. The number of nitrogens with zero attached hydrogens (tertiary/aromatic N) is 1. The Labute approximate surface area is 191 Å². The molecule has 0 atom stereocenters. The molecule has 3 aromatic rings. The lowest BCUT2D eigenvalue weighted by molar-refractivity contribution is -0.145. The van der Waals surface area contributed by atoms with Crippen molar-refractivity contribution in [3.05, 3.63) is 77.6 Å². The van der Waals surface area contributed by atoms with E-state index in [4.69, 9.17) is 16.3 Å². The number of H-pyrrole nitrogens is 1. The molecule has 32 heavy (non-hydrogen) atoms. The summed E-state index contributed by atoms with van der Waals surface area (Å²) in [5.41, 5.74) is 0.816. The molecule has 0 saturated carbocycles. The number of rotatable bonds is 8. The van der Waals surface area contributed by atoms with Crippen molar-refractivity contribution in [3.8, 4) is 0 Å². The fourth-order valence-electron chi connectivity index (χ4n) is 2.90. The van der Waals surface area contributed by atoms with Gasteiger partial charge >= 0.3 is 5.97 Å². The second-order valence-corrected chi connectivity index (χ2v) is 9.39. The van der Waals surface area contributed by atoms with Crippen molar-refractivity contribution in [2.24, 2.45) is 0 Å². The predicted octanol–water partition coefficient (Wildman–Crippen LogP) is 4.07. The topological polar surface area (TPSA) is 109 Å². The van der Waals surface area contributed by atoms with Gasteiger partial charge in [0.1, 0.15) is 12.2 Å². The highest BCUT2D eigenvalue weighted by atomic mass is 35.5. The highest BCUT2D eigenvalue weighted by Crippen LogP contribution is 2.27. The first kappa shape index (κ1) is 23.4. The summed E-state index contributed by atoms with van der Waals surface area (Å²) in [4.78, 5) is 27.3. The summed E-state index contributed by atoms with van der Waals surface area (Å²) in [6.07, 6.45) is 1.20. The zero-order valence-corrected chi connectivity index (χ0v) is 19.0. The molecule has 10 heteroatoms. The highest BCUT2D eigenvalue weighted by molar-refractivity contribution is 7.92. The summed E-state index contributed by atoms with van der Waals surface area (Å²) in [6, 6.07) is 15.2. The number of ether oxygens (including phenoxy) is 1. The number of aromatic amines is 1. The van der Waals surface area contributed by atoms with E-state index in [1.807, 2.05) is 0 Å². The Hall–Kier alpha value is -3.30. The third-order valence-corrected chi connectivity index (χ3v) is 6.26. The summed E-state index contributed by atoms with van der Waals surface area (Å²) >= 11 is 6.05. The van der Waals surface area contributed by atoms with Gasteiger partial charge in [-0.25, -0.2) is 8.42 Å². The maximum atomic E-state index is 13.5. The summed E-state index contributed by atoms with van der Waals surface area (Å²) in [5, 5.41) is 2.96. The van der Waals surface area contributed by atoms with Crippen LogP contribution >= 0.6 is 11.6 Å². The van der Waals surface area contributed by atoms with Gasteiger partial charge in [0, 0.05) is 16.9 Å². The van der Waals surface area contributed by atoms with Crippen LogP contribution in [0.3, 0.4) is 0 Å². The smallest absolute Gasteiger partial charge is 0.327 e. The maximum absolute atomic E-state index is 13.5. The van der Waals surface area contributed by atoms with Crippen molar-refractivity contribution >= 4 is 44.9 Å². The Bertz CT molecular complexity index is 1210. The van der Waals surface area contributed by atoms with Crippen LogP contribution in [0.2, 0.25) is 5.02 Å². The Morgan fingerprint density at radius 3 is 2.50 bits per heavy atom. The molecule has 0 fully saturated rings. The molecule has 3 rings (SSSR count). The van der Waals surface area contributed by atoms with Gasteiger partial charge in [0.2, 0.25) is 0 Å². The first-order valence-corrected chi connectivity index (χ1v) is 11.5. The second-order valence-electron chi connectivity index (χ2n) is 7.10. The molecule has 168 valence electrons. The molecule has 1 amide bonds. The van der Waals surface area contributed by atoms with E-state index in [-0.39, 0.29) is 16.3 Å². The molecule has 1 heterocycles. The number of carbonyl (C=O) groups is 2. The Balaban J connectivity index is 1.95. The van der Waals surface area contributed by atoms with Gasteiger partial charge in [-0.2, -0.15) is 0 Å². The van der Waals surface area contributed by atoms with E-state index in [1.54, 1.807) is 50.4 Å². The normalized spacial score (nSPS) is 11.2. The Morgan fingerprint density at radius 1 is 1.09 bits per heavy atom. The van der Waals surface area contributed by atoms with Crippen LogP contribution in [0.25, 0.3) is 0 Å². The van der Waals surface area contributed by atoms with Crippen LogP contribution in [0.4, 0.5) is 11.4 Å². The van der Waals surface area contributed by atoms with Crippen molar-refractivity contribution in [2.45, 2.75) is 24.8 Å². The zero-order chi connectivity index (χ0) is 23.3. The number of benzene rings is 2. The number of anilines is 2. The number of aromatic nitrogens is 1. The number of esters is 1. The SMILES string of the molecule is CC(C)OC(=O)CN(c1cccc(Cl)c1)S(=O)(=O)c1cccc(NC(=O)c2ccc[nH]2)c1. The van der Waals surface area contributed by atoms with E-state index >= 15 is 0 Å². The molecule has 0 aliphatic carbocycles. The van der Waals surface area contributed by atoms with Crippen molar-refractivity contribution in [1.29, 1.82) is 0 Å². The fraction of sp³-hybridized carbons (Fsp3) is 0.182. The highest BCUT2D eigenvalue weighted by Gasteiger charge is 2.28. The average Bonchev–Trinajstić information content (AvgIpc) is 3.27. The van der Waals surface area contributed by atoms with E-state index in [1.165, 1.54) is 30.3 Å². The molecule has 0 bridgehead atoms. The molecule has 1 aromatic heterocycles. The van der Waals surface area contributed by atoms with Gasteiger partial charge in [0.05, 0.1) is 16.7 Å². The largest absolute Gasteiger partial charge is 0.462 e. The second kappa shape index (κ2) is 9.88. The standard InChI is InChI=1S/C22H22ClN3O5S/c1-15(2)31-21(27)14-26(18-8-3-6-16(23)12-18)32(29,30)19-9-4-7-17(13-19)25-22(28)20-10-5-11-24-20/h3-13,15,24H,14H2,1-2H3,(H,25,28). The van der Waals surface area contributed by atoms with Crippen LogP contribution in [-0.2, 0) is 19.6 Å². The van der Waals surface area contributed by atoms with Crippen LogP contribution in [0.15, 0.2) is 71.8 Å². The third-order valence-electron chi connectivity index (χ3n) is 4.26. The first-order valence-electron chi connectivity index (χ1n) is 9.69. The molecule has 0 aliphatic heterocycles. The van der Waals surface area contributed by atoms with Crippen LogP contribution in [0.5, 0.6) is 0 Å². The molecule has 0 aliphatic rings. The number of sulfonamides is 1. The number of nitrogens with one attached hydrogen (secondary N) is 2. The molecule has 0 radical (unpaired) electrons. The quantitative estimate of drug-likeness (QED) is 0.477. The van der Waals surface area contributed by atoms with Gasteiger partial charge in [0.15, 0.2) is 0 Å². The average molecular weight is 476 g/mol. The van der Waals surface area contributed by atoms with E-state index in [0.717, 1.165) is 4.31 Å². The lowest BCUT2D eigenvalue weighted by atomic mass is 10.3. The lowest BCUT2D eigenvalue weighted by Gasteiger charge is -2.24. The monoisotopic (exact) mass is 475 g/mol. The van der Waals surface area contributed by atoms with Crippen LogP contribution in [0.1, 0.15) is 24.3 Å². The summed E-state index contributed by atoms with van der Waals surface area (Å²) in [7, 11) is -4.20. The van der Waals surface area contributed by atoms with E-state index in [0.29, 0.717) is 10.7 Å². The van der Waals surface area contributed by atoms with Gasteiger partial charge in [0.25, 0.3) is 15.9 Å². The van der Waals surface area contributed by atoms with Gasteiger partial charge in [-0.1, -0.05) is 23.7 Å². The number of hydrogen-bond acceptors (Lipinski definition) is 5. The maximum Gasteiger partial charge on any atom is 0.327 e. The molecular weight excluding hydrogens is 454 g/mol. The van der Waals surface area contributed by atoms with Crippen LogP contribution in [-0.4, -0.2) is 37.9 Å². The van der Waals surface area contributed by atoms with Crippen molar-refractivity contribution in [2.75, 3.05) is 16.2 Å². The third kappa shape index (κ3) is 5.68. The van der Waals surface area contributed by atoms with E-state index < -0.39 is 34.5 Å². The van der Waals surface area contributed by atoms with Crippen LogP contribution < -0.4 is 9.62 Å². The van der Waals surface area contributed by atoms with E-state index in [9.17, 15) is 18.0 Å². The number of carbonyl (C=O) groups excluding carboxylic acids is 2. The number of hydrogen-bond donors (Lipinski definition) is 2. The molecule has 0 saturated heterocycles. The van der Waals surface area contributed by atoms with Gasteiger partial charge < -0.3 is 15.0 Å². The van der Waals surface area contributed by atoms with E-state index in [2.05, 4.69) is 10.3 Å².